The van der Waals surface area contributed by atoms with Crippen LogP contribution < -0.4 is 5.32 Å². The number of hydrogen-bond donors (Lipinski definition) is 1. The molecular weight excluding hydrogens is 220 g/mol. The fraction of sp³-hybridized carbons (Fsp3) is 0.667. The lowest BCUT2D eigenvalue weighted by Crippen LogP contribution is -2.31. The van der Waals surface area contributed by atoms with Gasteiger partial charge in [0.25, 0.3) is 0 Å². The van der Waals surface area contributed by atoms with Gasteiger partial charge >= 0.3 is 0 Å². The number of rotatable bonds is 5. The van der Waals surface area contributed by atoms with E-state index in [1.165, 1.54) is 4.88 Å². The minimum atomic E-state index is 0.139. The van der Waals surface area contributed by atoms with Crippen LogP contribution in [0.15, 0.2) is 0 Å². The number of hydrogen-bond acceptors (Lipinski definition) is 3. The Balaban J connectivity index is 2.40. The van der Waals surface area contributed by atoms with Crippen molar-refractivity contribution in [3.63, 3.8) is 0 Å². The number of aromatic nitrogens is 1. The smallest absolute Gasteiger partial charge is 0.220 e. The van der Waals surface area contributed by atoms with Crippen LogP contribution in [-0.2, 0) is 11.2 Å². The molecule has 0 radical (unpaired) electrons. The first-order valence-corrected chi connectivity index (χ1v) is 6.56. The van der Waals surface area contributed by atoms with Gasteiger partial charge in [0.1, 0.15) is 0 Å². The summed E-state index contributed by atoms with van der Waals surface area (Å²) in [4.78, 5) is 17.2. The molecule has 1 aromatic rings. The number of nitrogens with one attached hydrogen (secondary N) is 1. The lowest BCUT2D eigenvalue weighted by Gasteiger charge is -2.10. The third-order valence-electron chi connectivity index (χ3n) is 2.60. The molecule has 1 amide bonds. The van der Waals surface area contributed by atoms with E-state index in [2.05, 4.69) is 17.2 Å². The fourth-order valence-corrected chi connectivity index (χ4v) is 2.42. The van der Waals surface area contributed by atoms with Gasteiger partial charge in [-0.3, -0.25) is 4.79 Å². The van der Waals surface area contributed by atoms with Crippen molar-refractivity contribution in [2.75, 3.05) is 0 Å². The van der Waals surface area contributed by atoms with E-state index >= 15 is 0 Å². The normalized spacial score (nSPS) is 12.5. The molecular formula is C12H20N2OS. The van der Waals surface area contributed by atoms with Crippen molar-refractivity contribution in [2.45, 2.75) is 53.0 Å². The predicted molar refractivity (Wildman–Crippen MR) is 67.8 cm³/mol. The molecule has 3 nitrogen and oxygen atoms in total. The summed E-state index contributed by atoms with van der Waals surface area (Å²) in [5.74, 6) is 0.139. The summed E-state index contributed by atoms with van der Waals surface area (Å²) >= 11 is 1.69. The molecule has 4 heteroatoms. The van der Waals surface area contributed by atoms with Crippen LogP contribution >= 0.6 is 11.3 Å². The molecule has 0 bridgehead atoms. The molecule has 0 fully saturated rings. The second-order valence-corrected chi connectivity index (χ2v) is 5.41. The van der Waals surface area contributed by atoms with Gasteiger partial charge in [-0.15, -0.1) is 11.3 Å². The van der Waals surface area contributed by atoms with Crippen LogP contribution in [0, 0.1) is 13.8 Å². The van der Waals surface area contributed by atoms with Gasteiger partial charge in [0.05, 0.1) is 10.7 Å². The number of amides is 1. The second kappa shape index (κ2) is 5.99. The SMILES string of the molecule is CCC(C)NC(=O)CCc1sc(C)nc1C. The van der Waals surface area contributed by atoms with E-state index in [9.17, 15) is 4.79 Å². The molecule has 1 unspecified atom stereocenters. The average Bonchev–Trinajstić information content (AvgIpc) is 2.54. The number of carbonyl (C=O) groups excluding carboxylic acids is 1. The first-order chi connectivity index (χ1) is 7.52. The van der Waals surface area contributed by atoms with Crippen molar-refractivity contribution in [1.29, 1.82) is 0 Å². The summed E-state index contributed by atoms with van der Waals surface area (Å²) in [6.07, 6.45) is 2.34. The van der Waals surface area contributed by atoms with Gasteiger partial charge in [0.2, 0.25) is 5.91 Å². The number of nitrogens with zero attached hydrogens (tertiary/aromatic N) is 1. The molecule has 0 aliphatic rings. The third-order valence-corrected chi connectivity index (χ3v) is 3.73. The van der Waals surface area contributed by atoms with E-state index in [1.807, 2.05) is 20.8 Å². The van der Waals surface area contributed by atoms with E-state index in [-0.39, 0.29) is 11.9 Å². The minimum absolute atomic E-state index is 0.139. The predicted octanol–water partition coefficient (Wildman–Crippen LogP) is 2.61. The minimum Gasteiger partial charge on any atom is -0.354 e. The first-order valence-electron chi connectivity index (χ1n) is 5.75. The molecule has 1 N–H and O–H groups in total. The average molecular weight is 240 g/mol. The van der Waals surface area contributed by atoms with Crippen LogP contribution in [0.1, 0.15) is 42.3 Å². The van der Waals surface area contributed by atoms with Crippen LogP contribution in [0.3, 0.4) is 0 Å². The Bertz CT molecular complexity index is 360. The molecule has 0 aliphatic heterocycles. The molecule has 1 aromatic heterocycles. The molecule has 0 saturated carbocycles. The molecule has 0 aliphatic carbocycles. The van der Waals surface area contributed by atoms with E-state index in [4.69, 9.17) is 0 Å². The van der Waals surface area contributed by atoms with E-state index < -0.39 is 0 Å². The fourth-order valence-electron chi connectivity index (χ4n) is 1.48. The molecule has 1 rings (SSSR count). The van der Waals surface area contributed by atoms with Gasteiger partial charge in [-0.05, 0) is 33.6 Å². The highest BCUT2D eigenvalue weighted by Gasteiger charge is 2.09. The van der Waals surface area contributed by atoms with Gasteiger partial charge in [-0.2, -0.15) is 0 Å². The van der Waals surface area contributed by atoms with Gasteiger partial charge in [0.15, 0.2) is 0 Å². The molecule has 1 atom stereocenters. The third kappa shape index (κ3) is 3.93. The Morgan fingerprint density at radius 2 is 2.19 bits per heavy atom. The zero-order chi connectivity index (χ0) is 12.1. The maximum absolute atomic E-state index is 11.6. The molecule has 0 saturated heterocycles. The summed E-state index contributed by atoms with van der Waals surface area (Å²) in [6.45, 7) is 8.10. The van der Waals surface area contributed by atoms with Crippen molar-refractivity contribution < 1.29 is 4.79 Å². The van der Waals surface area contributed by atoms with Crippen LogP contribution in [0.25, 0.3) is 0 Å². The van der Waals surface area contributed by atoms with Crippen LogP contribution in [0.4, 0.5) is 0 Å². The zero-order valence-electron chi connectivity index (χ0n) is 10.5. The van der Waals surface area contributed by atoms with Gasteiger partial charge < -0.3 is 5.32 Å². The van der Waals surface area contributed by atoms with Crippen LogP contribution in [0.2, 0.25) is 0 Å². The molecule has 0 spiro atoms. The molecule has 1 heterocycles. The monoisotopic (exact) mass is 240 g/mol. The highest BCUT2D eigenvalue weighted by Crippen LogP contribution is 2.18. The van der Waals surface area contributed by atoms with Crippen molar-refractivity contribution >= 4 is 17.2 Å². The Morgan fingerprint density at radius 3 is 2.69 bits per heavy atom. The lowest BCUT2D eigenvalue weighted by atomic mass is 10.2. The topological polar surface area (TPSA) is 42.0 Å². The summed E-state index contributed by atoms with van der Waals surface area (Å²) in [5.41, 5.74) is 1.07. The Kier molecular flexibility index (Phi) is 4.93. The van der Waals surface area contributed by atoms with Gasteiger partial charge in [0, 0.05) is 17.3 Å². The Morgan fingerprint density at radius 1 is 1.50 bits per heavy atom. The Hall–Kier alpha value is -0.900. The lowest BCUT2D eigenvalue weighted by molar-refractivity contribution is -0.121. The maximum atomic E-state index is 11.6. The van der Waals surface area contributed by atoms with Gasteiger partial charge in [-0.1, -0.05) is 6.92 Å². The summed E-state index contributed by atoms with van der Waals surface area (Å²) in [6, 6.07) is 0.275. The summed E-state index contributed by atoms with van der Waals surface area (Å²) in [7, 11) is 0. The molecule has 0 aromatic carbocycles. The van der Waals surface area contributed by atoms with E-state index in [1.54, 1.807) is 11.3 Å². The van der Waals surface area contributed by atoms with Crippen LogP contribution in [-0.4, -0.2) is 16.9 Å². The number of thiazole rings is 1. The standard InChI is InChI=1S/C12H20N2OS/c1-5-8(2)13-12(15)7-6-11-9(3)14-10(4)16-11/h8H,5-7H2,1-4H3,(H,13,15). The summed E-state index contributed by atoms with van der Waals surface area (Å²) < 4.78 is 0. The quantitative estimate of drug-likeness (QED) is 0.859. The van der Waals surface area contributed by atoms with E-state index in [0.717, 1.165) is 23.5 Å². The Labute approximate surface area is 101 Å². The highest BCUT2D eigenvalue weighted by atomic mass is 32.1. The number of aryl methyl sites for hydroxylation is 3. The van der Waals surface area contributed by atoms with E-state index in [0.29, 0.717) is 6.42 Å². The van der Waals surface area contributed by atoms with Crippen molar-refractivity contribution in [3.05, 3.63) is 15.6 Å². The maximum Gasteiger partial charge on any atom is 0.220 e. The van der Waals surface area contributed by atoms with Crippen LogP contribution in [0.5, 0.6) is 0 Å². The molecule has 90 valence electrons. The number of carbonyl (C=O) groups is 1. The largest absolute Gasteiger partial charge is 0.354 e. The van der Waals surface area contributed by atoms with Crippen molar-refractivity contribution in [3.8, 4) is 0 Å². The van der Waals surface area contributed by atoms with Crippen molar-refractivity contribution in [1.82, 2.24) is 10.3 Å². The first kappa shape index (κ1) is 13.2. The summed E-state index contributed by atoms with van der Waals surface area (Å²) in [5, 5.41) is 4.05. The second-order valence-electron chi connectivity index (χ2n) is 4.12. The highest BCUT2D eigenvalue weighted by molar-refractivity contribution is 7.11. The van der Waals surface area contributed by atoms with Gasteiger partial charge in [-0.25, -0.2) is 4.98 Å². The van der Waals surface area contributed by atoms with Crippen molar-refractivity contribution in [2.24, 2.45) is 0 Å². The molecule has 16 heavy (non-hydrogen) atoms. The zero-order valence-corrected chi connectivity index (χ0v) is 11.3.